The average molecular weight is 296 g/mol. The van der Waals surface area contributed by atoms with Gasteiger partial charge in [0.25, 0.3) is 0 Å². The molecule has 1 heterocycles. The Bertz CT molecular complexity index is 444. The molecular weight excluding hydrogens is 278 g/mol. The van der Waals surface area contributed by atoms with E-state index >= 15 is 0 Å². The normalized spacial score (nSPS) is 24.1. The number of hydrogen-bond donors (Lipinski definition) is 0. The topological polar surface area (TPSA) is 20.3 Å². The van der Waals surface area contributed by atoms with Crippen molar-refractivity contribution in [3.05, 3.63) is 28.2 Å². The molecule has 1 aliphatic rings. The van der Waals surface area contributed by atoms with E-state index in [2.05, 4.69) is 40.7 Å². The molecule has 0 aromatic heterocycles. The van der Waals surface area contributed by atoms with Crippen molar-refractivity contribution >= 4 is 27.4 Å². The molecule has 2 rings (SSSR count). The van der Waals surface area contributed by atoms with E-state index < -0.39 is 0 Å². The predicted molar refractivity (Wildman–Crippen MR) is 74.7 cm³/mol. The van der Waals surface area contributed by atoms with Gasteiger partial charge in [-0.3, -0.25) is 4.79 Å². The summed E-state index contributed by atoms with van der Waals surface area (Å²) in [6, 6.07) is 6.50. The second-order valence-corrected chi connectivity index (χ2v) is 5.98. The van der Waals surface area contributed by atoms with Crippen molar-refractivity contribution in [2.75, 3.05) is 11.4 Å². The number of benzene rings is 1. The van der Waals surface area contributed by atoms with Crippen LogP contribution in [-0.4, -0.2) is 18.4 Å². The standard InChI is InChI=1S/C14H18BrNO/c1-9-6-10(2)16(8-9)14-5-4-12(15)7-13(14)11(3)17/h4-5,7,9-10H,6,8H2,1-3H3. The van der Waals surface area contributed by atoms with Gasteiger partial charge in [0.2, 0.25) is 0 Å². The lowest BCUT2D eigenvalue weighted by Gasteiger charge is -2.26. The number of rotatable bonds is 2. The maximum absolute atomic E-state index is 11.7. The monoisotopic (exact) mass is 295 g/mol. The third-order valence-corrected chi connectivity index (χ3v) is 3.92. The summed E-state index contributed by atoms with van der Waals surface area (Å²) in [5, 5.41) is 0. The summed E-state index contributed by atoms with van der Waals surface area (Å²) in [7, 11) is 0. The van der Waals surface area contributed by atoms with Crippen molar-refractivity contribution in [3.8, 4) is 0 Å². The summed E-state index contributed by atoms with van der Waals surface area (Å²) in [6.07, 6.45) is 1.20. The summed E-state index contributed by atoms with van der Waals surface area (Å²) in [5.41, 5.74) is 1.90. The second-order valence-electron chi connectivity index (χ2n) is 5.06. The summed E-state index contributed by atoms with van der Waals surface area (Å²) >= 11 is 3.43. The van der Waals surface area contributed by atoms with E-state index in [1.54, 1.807) is 6.92 Å². The van der Waals surface area contributed by atoms with E-state index in [1.165, 1.54) is 6.42 Å². The fraction of sp³-hybridized carbons (Fsp3) is 0.500. The number of carbonyl (C=O) groups excluding carboxylic acids is 1. The molecule has 1 saturated heterocycles. The zero-order chi connectivity index (χ0) is 12.6. The Labute approximate surface area is 111 Å². The first-order chi connectivity index (χ1) is 7.99. The second kappa shape index (κ2) is 4.81. The van der Waals surface area contributed by atoms with Gasteiger partial charge in [0.15, 0.2) is 5.78 Å². The molecule has 1 aromatic carbocycles. The zero-order valence-corrected chi connectivity index (χ0v) is 12.1. The quantitative estimate of drug-likeness (QED) is 0.772. The van der Waals surface area contributed by atoms with Gasteiger partial charge in [-0.1, -0.05) is 22.9 Å². The van der Waals surface area contributed by atoms with Gasteiger partial charge >= 0.3 is 0 Å². The maximum atomic E-state index is 11.7. The van der Waals surface area contributed by atoms with Gasteiger partial charge in [0.1, 0.15) is 0 Å². The van der Waals surface area contributed by atoms with Gasteiger partial charge in [0.05, 0.1) is 0 Å². The van der Waals surface area contributed by atoms with Gasteiger partial charge in [0, 0.05) is 28.3 Å². The van der Waals surface area contributed by atoms with Crippen LogP contribution < -0.4 is 4.90 Å². The van der Waals surface area contributed by atoms with Crippen LogP contribution in [0.25, 0.3) is 0 Å². The van der Waals surface area contributed by atoms with Gasteiger partial charge < -0.3 is 4.90 Å². The molecule has 2 nitrogen and oxygen atoms in total. The van der Waals surface area contributed by atoms with Crippen LogP contribution in [0.5, 0.6) is 0 Å². The molecule has 0 N–H and O–H groups in total. The molecular formula is C14H18BrNO. The third-order valence-electron chi connectivity index (χ3n) is 3.43. The van der Waals surface area contributed by atoms with Crippen LogP contribution in [0.3, 0.4) is 0 Å². The molecule has 1 aliphatic heterocycles. The highest BCUT2D eigenvalue weighted by atomic mass is 79.9. The lowest BCUT2D eigenvalue weighted by Crippen LogP contribution is -2.28. The van der Waals surface area contributed by atoms with Crippen molar-refractivity contribution in [2.24, 2.45) is 5.92 Å². The van der Waals surface area contributed by atoms with E-state index in [0.29, 0.717) is 12.0 Å². The zero-order valence-electron chi connectivity index (χ0n) is 10.5. The van der Waals surface area contributed by atoms with Crippen LogP contribution in [0.15, 0.2) is 22.7 Å². The number of nitrogens with zero attached hydrogens (tertiary/aromatic N) is 1. The van der Waals surface area contributed by atoms with Crippen LogP contribution in [0.4, 0.5) is 5.69 Å². The van der Waals surface area contributed by atoms with Gasteiger partial charge in [-0.2, -0.15) is 0 Å². The van der Waals surface area contributed by atoms with E-state index in [-0.39, 0.29) is 5.78 Å². The molecule has 1 aromatic rings. The highest BCUT2D eigenvalue weighted by molar-refractivity contribution is 9.10. The van der Waals surface area contributed by atoms with Crippen LogP contribution in [0.1, 0.15) is 37.6 Å². The lowest BCUT2D eigenvalue weighted by atomic mass is 10.1. The van der Waals surface area contributed by atoms with Crippen LogP contribution in [0.2, 0.25) is 0 Å². The SMILES string of the molecule is CC(=O)c1cc(Br)ccc1N1CC(C)CC1C. The third kappa shape index (κ3) is 2.54. The minimum atomic E-state index is 0.132. The molecule has 2 atom stereocenters. The van der Waals surface area contributed by atoms with E-state index in [4.69, 9.17) is 0 Å². The van der Waals surface area contributed by atoms with E-state index in [1.807, 2.05) is 12.1 Å². The minimum Gasteiger partial charge on any atom is -0.368 e. The summed E-state index contributed by atoms with van der Waals surface area (Å²) in [5.74, 6) is 0.835. The summed E-state index contributed by atoms with van der Waals surface area (Å²) in [4.78, 5) is 14.1. The van der Waals surface area contributed by atoms with Crippen LogP contribution in [-0.2, 0) is 0 Å². The fourth-order valence-corrected chi connectivity index (χ4v) is 3.04. The first-order valence-corrected chi connectivity index (χ1v) is 6.85. The Morgan fingerprint density at radius 3 is 2.65 bits per heavy atom. The first kappa shape index (κ1) is 12.6. The van der Waals surface area contributed by atoms with Crippen LogP contribution >= 0.6 is 15.9 Å². The van der Waals surface area contributed by atoms with Gasteiger partial charge in [-0.05, 0) is 44.4 Å². The largest absolute Gasteiger partial charge is 0.368 e. The highest BCUT2D eigenvalue weighted by Crippen LogP contribution is 2.32. The molecule has 92 valence electrons. The molecule has 2 unspecified atom stereocenters. The first-order valence-electron chi connectivity index (χ1n) is 6.06. The average Bonchev–Trinajstić information content (AvgIpc) is 2.57. The molecule has 0 aliphatic carbocycles. The number of carbonyl (C=O) groups is 1. The molecule has 17 heavy (non-hydrogen) atoms. The van der Waals surface area contributed by atoms with Crippen molar-refractivity contribution < 1.29 is 4.79 Å². The number of Topliss-reactive ketones (excluding diaryl/α,β-unsaturated/α-hetero) is 1. The Morgan fingerprint density at radius 1 is 1.41 bits per heavy atom. The lowest BCUT2D eigenvalue weighted by molar-refractivity contribution is 0.101. The molecule has 1 fully saturated rings. The van der Waals surface area contributed by atoms with Crippen molar-refractivity contribution in [3.63, 3.8) is 0 Å². The molecule has 0 radical (unpaired) electrons. The number of ketones is 1. The highest BCUT2D eigenvalue weighted by Gasteiger charge is 2.28. The molecule has 0 amide bonds. The van der Waals surface area contributed by atoms with E-state index in [9.17, 15) is 4.79 Å². The maximum Gasteiger partial charge on any atom is 0.161 e. The molecule has 3 heteroatoms. The molecule has 0 bridgehead atoms. The van der Waals surface area contributed by atoms with Crippen molar-refractivity contribution in [1.82, 2.24) is 0 Å². The fourth-order valence-electron chi connectivity index (χ4n) is 2.68. The van der Waals surface area contributed by atoms with Gasteiger partial charge in [-0.25, -0.2) is 0 Å². The summed E-state index contributed by atoms with van der Waals surface area (Å²) < 4.78 is 0.964. The number of anilines is 1. The minimum absolute atomic E-state index is 0.132. The number of hydrogen-bond acceptors (Lipinski definition) is 2. The Kier molecular flexibility index (Phi) is 3.57. The molecule has 0 spiro atoms. The number of halogens is 1. The van der Waals surface area contributed by atoms with Crippen molar-refractivity contribution in [1.29, 1.82) is 0 Å². The summed E-state index contributed by atoms with van der Waals surface area (Å²) in [6.45, 7) is 7.18. The van der Waals surface area contributed by atoms with E-state index in [0.717, 1.165) is 22.3 Å². The smallest absolute Gasteiger partial charge is 0.161 e. The van der Waals surface area contributed by atoms with Gasteiger partial charge in [-0.15, -0.1) is 0 Å². The Balaban J connectivity index is 2.41. The Morgan fingerprint density at radius 2 is 2.12 bits per heavy atom. The Hall–Kier alpha value is -0.830. The van der Waals surface area contributed by atoms with Crippen molar-refractivity contribution in [2.45, 2.75) is 33.2 Å². The van der Waals surface area contributed by atoms with Crippen LogP contribution in [0, 0.1) is 5.92 Å². The molecule has 0 saturated carbocycles. The predicted octanol–water partition coefficient (Wildman–Crippen LogP) is 3.89.